The first-order valence-corrected chi connectivity index (χ1v) is 10.2. The molecule has 152 valence electrons. The number of carbonyl (C=O) groups excluding carboxylic acids is 1. The zero-order valence-electron chi connectivity index (χ0n) is 15.7. The first-order chi connectivity index (χ1) is 13.8. The van der Waals surface area contributed by atoms with Crippen LogP contribution < -0.4 is 4.90 Å². The van der Waals surface area contributed by atoms with E-state index in [4.69, 9.17) is 0 Å². The predicted molar refractivity (Wildman–Crippen MR) is 105 cm³/mol. The monoisotopic (exact) mass is 420 g/mol. The Kier molecular flexibility index (Phi) is 5.24. The second kappa shape index (κ2) is 7.70. The van der Waals surface area contributed by atoms with Gasteiger partial charge in [0.15, 0.2) is 16.6 Å². The van der Waals surface area contributed by atoms with Crippen molar-refractivity contribution in [1.29, 1.82) is 0 Å². The van der Waals surface area contributed by atoms with E-state index in [2.05, 4.69) is 15.0 Å². The molecule has 0 amide bonds. The first kappa shape index (κ1) is 19.8. The summed E-state index contributed by atoms with van der Waals surface area (Å²) < 4.78 is 39.5. The van der Waals surface area contributed by atoms with Crippen molar-refractivity contribution in [2.45, 2.75) is 44.8 Å². The first-order valence-electron chi connectivity index (χ1n) is 9.38. The fraction of sp³-hybridized carbons (Fsp3) is 0.400. The largest absolute Gasteiger partial charge is 0.451 e. The zero-order valence-corrected chi connectivity index (χ0v) is 16.6. The van der Waals surface area contributed by atoms with E-state index in [1.165, 1.54) is 18.3 Å². The molecule has 5 nitrogen and oxygen atoms in total. The van der Waals surface area contributed by atoms with E-state index in [-0.39, 0.29) is 23.2 Å². The molecule has 3 heterocycles. The van der Waals surface area contributed by atoms with Gasteiger partial charge in [0.25, 0.3) is 0 Å². The average molecular weight is 420 g/mol. The summed E-state index contributed by atoms with van der Waals surface area (Å²) >= 11 is 1.25. The van der Waals surface area contributed by atoms with Crippen LogP contribution in [0.4, 0.5) is 18.3 Å². The van der Waals surface area contributed by atoms with E-state index < -0.39 is 12.0 Å². The maximum atomic E-state index is 13.0. The predicted octanol–water partition coefficient (Wildman–Crippen LogP) is 4.58. The molecule has 3 aromatic rings. The van der Waals surface area contributed by atoms with Gasteiger partial charge in [-0.2, -0.15) is 18.2 Å². The summed E-state index contributed by atoms with van der Waals surface area (Å²) in [5.41, 5.74) is 1.39. The highest BCUT2D eigenvalue weighted by Gasteiger charge is 2.37. The van der Waals surface area contributed by atoms with Crippen LogP contribution in [0.3, 0.4) is 0 Å². The Morgan fingerprint density at radius 3 is 2.69 bits per heavy atom. The second-order valence-electron chi connectivity index (χ2n) is 7.08. The van der Waals surface area contributed by atoms with Crippen LogP contribution in [0, 0.1) is 6.92 Å². The van der Waals surface area contributed by atoms with Crippen molar-refractivity contribution >= 4 is 32.6 Å². The Morgan fingerprint density at radius 2 is 1.97 bits per heavy atom. The SMILES string of the molecule is Cc1nc(C(F)(F)F)nc2nc(N3CCC[C@@H]3C(=O)CCc3ccccc3)sc12. The molecule has 1 aliphatic rings. The van der Waals surface area contributed by atoms with Crippen molar-refractivity contribution in [2.24, 2.45) is 0 Å². The maximum absolute atomic E-state index is 13.0. The van der Waals surface area contributed by atoms with Gasteiger partial charge in [0, 0.05) is 13.0 Å². The summed E-state index contributed by atoms with van der Waals surface area (Å²) in [6, 6.07) is 9.52. The third kappa shape index (κ3) is 4.10. The lowest BCUT2D eigenvalue weighted by Gasteiger charge is -2.22. The summed E-state index contributed by atoms with van der Waals surface area (Å²) in [6.45, 7) is 2.17. The van der Waals surface area contributed by atoms with Crippen LogP contribution in [-0.2, 0) is 17.4 Å². The molecule has 0 N–H and O–H groups in total. The van der Waals surface area contributed by atoms with Gasteiger partial charge in [-0.15, -0.1) is 0 Å². The van der Waals surface area contributed by atoms with E-state index in [1.54, 1.807) is 0 Å². The minimum absolute atomic E-state index is 0.0345. The minimum atomic E-state index is -4.62. The lowest BCUT2D eigenvalue weighted by molar-refractivity contribution is -0.144. The van der Waals surface area contributed by atoms with E-state index in [0.717, 1.165) is 18.4 Å². The van der Waals surface area contributed by atoms with Gasteiger partial charge in [-0.3, -0.25) is 4.79 Å². The van der Waals surface area contributed by atoms with Gasteiger partial charge >= 0.3 is 6.18 Å². The smallest absolute Gasteiger partial charge is 0.338 e. The van der Waals surface area contributed by atoms with Gasteiger partial charge in [0.1, 0.15) is 0 Å². The quantitative estimate of drug-likeness (QED) is 0.605. The van der Waals surface area contributed by atoms with Crippen LogP contribution in [0.2, 0.25) is 0 Å². The molecule has 0 bridgehead atoms. The Labute approximate surface area is 169 Å². The molecule has 2 aromatic heterocycles. The molecule has 0 saturated carbocycles. The Balaban J connectivity index is 1.56. The van der Waals surface area contributed by atoms with Crippen molar-refractivity contribution in [3.63, 3.8) is 0 Å². The number of ketones is 1. The van der Waals surface area contributed by atoms with Crippen LogP contribution in [-0.4, -0.2) is 33.3 Å². The highest BCUT2D eigenvalue weighted by Crippen LogP contribution is 2.36. The number of carbonyl (C=O) groups is 1. The van der Waals surface area contributed by atoms with Gasteiger partial charge in [0.05, 0.1) is 16.4 Å². The summed E-state index contributed by atoms with van der Waals surface area (Å²) in [6.07, 6.45) is -1.96. The summed E-state index contributed by atoms with van der Waals surface area (Å²) in [5, 5.41) is 0.535. The molecule has 0 radical (unpaired) electrons. The van der Waals surface area contributed by atoms with Crippen molar-refractivity contribution in [3.8, 4) is 0 Å². The number of anilines is 1. The standard InChI is InChI=1S/C20H19F3N4OS/c1-12-16-17(25-18(24-12)20(21,22)23)26-19(29-16)27-11-5-8-14(27)15(28)10-9-13-6-3-2-4-7-13/h2-4,6-7,14H,5,8-11H2,1H3/t14-/m1/s1. The molecular weight excluding hydrogens is 401 g/mol. The lowest BCUT2D eigenvalue weighted by Crippen LogP contribution is -2.36. The van der Waals surface area contributed by atoms with Crippen LogP contribution in [0.1, 0.15) is 36.3 Å². The fourth-order valence-electron chi connectivity index (χ4n) is 3.61. The number of aromatic nitrogens is 3. The Bertz CT molecular complexity index is 1040. The van der Waals surface area contributed by atoms with Crippen LogP contribution in [0.15, 0.2) is 30.3 Å². The van der Waals surface area contributed by atoms with Gasteiger partial charge in [0.2, 0.25) is 5.82 Å². The van der Waals surface area contributed by atoms with E-state index >= 15 is 0 Å². The van der Waals surface area contributed by atoms with E-state index in [9.17, 15) is 18.0 Å². The second-order valence-corrected chi connectivity index (χ2v) is 8.06. The summed E-state index contributed by atoms with van der Waals surface area (Å²) in [4.78, 5) is 26.2. The fourth-order valence-corrected chi connectivity index (χ4v) is 4.63. The van der Waals surface area contributed by atoms with Crippen molar-refractivity contribution in [1.82, 2.24) is 15.0 Å². The molecule has 0 unspecified atom stereocenters. The molecule has 0 aliphatic carbocycles. The van der Waals surface area contributed by atoms with Gasteiger partial charge in [-0.05, 0) is 31.7 Å². The number of hydrogen-bond acceptors (Lipinski definition) is 6. The van der Waals surface area contributed by atoms with Gasteiger partial charge < -0.3 is 4.90 Å². The normalized spacial score (nSPS) is 17.2. The number of aryl methyl sites for hydroxylation is 2. The van der Waals surface area contributed by atoms with Crippen LogP contribution in [0.25, 0.3) is 10.3 Å². The molecule has 29 heavy (non-hydrogen) atoms. The molecule has 0 spiro atoms. The van der Waals surface area contributed by atoms with Crippen LogP contribution in [0.5, 0.6) is 0 Å². The topological polar surface area (TPSA) is 59.0 Å². The Morgan fingerprint density at radius 1 is 1.21 bits per heavy atom. The van der Waals surface area contributed by atoms with Crippen molar-refractivity contribution in [2.75, 3.05) is 11.4 Å². The highest BCUT2D eigenvalue weighted by molar-refractivity contribution is 7.22. The molecule has 1 fully saturated rings. The molecule has 1 aliphatic heterocycles. The number of hydrogen-bond donors (Lipinski definition) is 0. The number of halogens is 3. The minimum Gasteiger partial charge on any atom is -0.338 e. The zero-order chi connectivity index (χ0) is 20.6. The van der Waals surface area contributed by atoms with Crippen LogP contribution >= 0.6 is 11.3 Å². The summed E-state index contributed by atoms with van der Waals surface area (Å²) in [7, 11) is 0. The molecule has 9 heteroatoms. The molecular formula is C20H19F3N4OS. The van der Waals surface area contributed by atoms with E-state index in [0.29, 0.717) is 29.2 Å². The number of nitrogens with zero attached hydrogens (tertiary/aromatic N) is 4. The molecule has 4 rings (SSSR count). The van der Waals surface area contributed by atoms with Gasteiger partial charge in [-0.1, -0.05) is 41.7 Å². The van der Waals surface area contributed by atoms with Crippen molar-refractivity contribution in [3.05, 3.63) is 47.4 Å². The number of fused-ring (bicyclic) bond motifs is 1. The highest BCUT2D eigenvalue weighted by atomic mass is 32.1. The number of benzene rings is 1. The molecule has 1 aromatic carbocycles. The summed E-state index contributed by atoms with van der Waals surface area (Å²) in [5.74, 6) is -1.05. The Hall–Kier alpha value is -2.55. The number of rotatable bonds is 5. The van der Waals surface area contributed by atoms with Crippen molar-refractivity contribution < 1.29 is 18.0 Å². The number of thiazole rings is 1. The van der Waals surface area contributed by atoms with Gasteiger partial charge in [-0.25, -0.2) is 9.97 Å². The number of Topliss-reactive ketones (excluding diaryl/α,β-unsaturated/α-hetero) is 1. The molecule has 1 saturated heterocycles. The molecule has 1 atom stereocenters. The third-order valence-corrected chi connectivity index (χ3v) is 6.23. The maximum Gasteiger partial charge on any atom is 0.451 e. The number of alkyl halides is 3. The third-order valence-electron chi connectivity index (χ3n) is 5.04. The van der Waals surface area contributed by atoms with E-state index in [1.807, 2.05) is 35.2 Å². The lowest BCUT2D eigenvalue weighted by atomic mass is 10.0. The average Bonchev–Trinajstić information content (AvgIpc) is 3.33.